The third-order valence-electron chi connectivity index (χ3n) is 2.79. The third-order valence-corrected chi connectivity index (χ3v) is 3.65. The van der Waals surface area contributed by atoms with Gasteiger partial charge in [-0.25, -0.2) is 0 Å². The quantitative estimate of drug-likeness (QED) is 0.803. The Balaban J connectivity index is 2.60. The molecule has 0 aliphatic rings. The summed E-state index contributed by atoms with van der Waals surface area (Å²) in [5, 5.41) is 2.10. The molecule has 0 radical (unpaired) electrons. The van der Waals surface area contributed by atoms with Gasteiger partial charge in [0.25, 0.3) is 0 Å². The van der Waals surface area contributed by atoms with Gasteiger partial charge in [0.2, 0.25) is 0 Å². The van der Waals surface area contributed by atoms with E-state index in [2.05, 4.69) is 36.4 Å². The fourth-order valence-electron chi connectivity index (χ4n) is 1.46. The zero-order chi connectivity index (χ0) is 11.3. The minimum Gasteiger partial charge on any atom is -0.383 e. The smallest absolute Gasteiger partial charge is 0.0656 e. The Morgan fingerprint density at radius 3 is 2.80 bits per heavy atom. The highest BCUT2D eigenvalue weighted by Crippen LogP contribution is 2.18. The highest BCUT2D eigenvalue weighted by Gasteiger charge is 2.27. The molecule has 0 aliphatic carbocycles. The lowest BCUT2D eigenvalue weighted by molar-refractivity contribution is 0.0396. The SMILES string of the molecule is COCC(C)(CN)N(C)Cc1cccs1. The Labute approximate surface area is 95.8 Å². The maximum Gasteiger partial charge on any atom is 0.0656 e. The van der Waals surface area contributed by atoms with E-state index in [9.17, 15) is 0 Å². The van der Waals surface area contributed by atoms with Crippen molar-refractivity contribution in [2.45, 2.75) is 19.0 Å². The van der Waals surface area contributed by atoms with Gasteiger partial charge < -0.3 is 10.5 Å². The molecule has 4 heteroatoms. The van der Waals surface area contributed by atoms with Gasteiger partial charge in [-0.15, -0.1) is 11.3 Å². The maximum absolute atomic E-state index is 5.80. The van der Waals surface area contributed by atoms with Gasteiger partial charge >= 0.3 is 0 Å². The number of methoxy groups -OCH3 is 1. The van der Waals surface area contributed by atoms with Crippen molar-refractivity contribution in [1.82, 2.24) is 4.90 Å². The molecule has 15 heavy (non-hydrogen) atoms. The van der Waals surface area contributed by atoms with Crippen molar-refractivity contribution in [3.8, 4) is 0 Å². The Kier molecular flexibility index (Phi) is 4.73. The molecule has 3 nitrogen and oxygen atoms in total. The summed E-state index contributed by atoms with van der Waals surface area (Å²) in [6, 6.07) is 4.22. The van der Waals surface area contributed by atoms with Crippen molar-refractivity contribution in [3.05, 3.63) is 22.4 Å². The van der Waals surface area contributed by atoms with E-state index in [1.807, 2.05) is 0 Å². The van der Waals surface area contributed by atoms with Crippen molar-refractivity contribution >= 4 is 11.3 Å². The highest BCUT2D eigenvalue weighted by molar-refractivity contribution is 7.09. The maximum atomic E-state index is 5.80. The second-order valence-electron chi connectivity index (χ2n) is 4.07. The molecule has 0 spiro atoms. The van der Waals surface area contributed by atoms with Gasteiger partial charge in [-0.3, -0.25) is 4.90 Å². The second-order valence-corrected chi connectivity index (χ2v) is 5.10. The Bertz CT molecular complexity index is 276. The lowest BCUT2D eigenvalue weighted by Gasteiger charge is -2.37. The highest BCUT2D eigenvalue weighted by atomic mass is 32.1. The molecule has 0 saturated heterocycles. The molecule has 1 heterocycles. The number of nitrogens with zero attached hydrogens (tertiary/aromatic N) is 1. The lowest BCUT2D eigenvalue weighted by Crippen LogP contribution is -2.52. The van der Waals surface area contributed by atoms with Gasteiger partial charge in [0.15, 0.2) is 0 Å². The second kappa shape index (κ2) is 5.61. The molecular weight excluding hydrogens is 208 g/mol. The van der Waals surface area contributed by atoms with E-state index < -0.39 is 0 Å². The summed E-state index contributed by atoms with van der Waals surface area (Å²) >= 11 is 1.77. The van der Waals surface area contributed by atoms with Crippen LogP contribution in [0.3, 0.4) is 0 Å². The molecular formula is C11H20N2OS. The number of hydrogen-bond acceptors (Lipinski definition) is 4. The van der Waals surface area contributed by atoms with Crippen LogP contribution in [0.25, 0.3) is 0 Å². The normalized spacial score (nSPS) is 15.5. The summed E-state index contributed by atoms with van der Waals surface area (Å²) in [6.07, 6.45) is 0. The minimum atomic E-state index is -0.0846. The van der Waals surface area contributed by atoms with Crippen molar-refractivity contribution in [1.29, 1.82) is 0 Å². The van der Waals surface area contributed by atoms with Crippen LogP contribution in [0, 0.1) is 0 Å². The van der Waals surface area contributed by atoms with Gasteiger partial charge in [-0.05, 0) is 25.4 Å². The average Bonchev–Trinajstić information content (AvgIpc) is 2.70. The van der Waals surface area contributed by atoms with Gasteiger partial charge in [0.1, 0.15) is 0 Å². The summed E-state index contributed by atoms with van der Waals surface area (Å²) < 4.78 is 5.22. The van der Waals surface area contributed by atoms with E-state index in [-0.39, 0.29) is 5.54 Å². The number of thiophene rings is 1. The van der Waals surface area contributed by atoms with Crippen molar-refractivity contribution in [2.75, 3.05) is 27.3 Å². The first-order valence-electron chi connectivity index (χ1n) is 5.05. The Hall–Kier alpha value is -0.420. The van der Waals surface area contributed by atoms with Crippen LogP contribution in [0.5, 0.6) is 0 Å². The number of ether oxygens (including phenoxy) is 1. The average molecular weight is 228 g/mol. The first-order valence-corrected chi connectivity index (χ1v) is 5.93. The largest absolute Gasteiger partial charge is 0.383 e. The van der Waals surface area contributed by atoms with Crippen LogP contribution in [0.2, 0.25) is 0 Å². The molecule has 1 aromatic heterocycles. The Morgan fingerprint density at radius 2 is 2.33 bits per heavy atom. The van der Waals surface area contributed by atoms with Gasteiger partial charge in [0, 0.05) is 25.1 Å². The molecule has 1 unspecified atom stereocenters. The van der Waals surface area contributed by atoms with Crippen LogP contribution in [0.1, 0.15) is 11.8 Å². The molecule has 1 aromatic rings. The number of likely N-dealkylation sites (N-methyl/N-ethyl adjacent to an activating group) is 1. The van der Waals surface area contributed by atoms with Crippen molar-refractivity contribution < 1.29 is 4.74 Å². The van der Waals surface area contributed by atoms with Crippen LogP contribution >= 0.6 is 11.3 Å². The van der Waals surface area contributed by atoms with Gasteiger partial charge in [0.05, 0.1) is 12.1 Å². The van der Waals surface area contributed by atoms with Crippen molar-refractivity contribution in [3.63, 3.8) is 0 Å². The monoisotopic (exact) mass is 228 g/mol. The fraction of sp³-hybridized carbons (Fsp3) is 0.636. The predicted octanol–water partition coefficient (Wildman–Crippen LogP) is 1.54. The summed E-state index contributed by atoms with van der Waals surface area (Å²) in [5.41, 5.74) is 5.72. The molecule has 0 fully saturated rings. The Morgan fingerprint density at radius 1 is 1.60 bits per heavy atom. The third kappa shape index (κ3) is 3.28. The summed E-state index contributed by atoms with van der Waals surface area (Å²) in [5.74, 6) is 0. The predicted molar refractivity (Wildman–Crippen MR) is 65.1 cm³/mol. The number of hydrogen-bond donors (Lipinski definition) is 1. The zero-order valence-corrected chi connectivity index (χ0v) is 10.5. The van der Waals surface area contributed by atoms with Gasteiger partial charge in [-0.2, -0.15) is 0 Å². The molecule has 2 N–H and O–H groups in total. The van der Waals surface area contributed by atoms with Crippen LogP contribution < -0.4 is 5.73 Å². The summed E-state index contributed by atoms with van der Waals surface area (Å²) in [4.78, 5) is 3.61. The molecule has 0 bridgehead atoms. The van der Waals surface area contributed by atoms with E-state index in [1.54, 1.807) is 18.4 Å². The minimum absolute atomic E-state index is 0.0846. The topological polar surface area (TPSA) is 38.5 Å². The van der Waals surface area contributed by atoms with Crippen LogP contribution in [-0.2, 0) is 11.3 Å². The van der Waals surface area contributed by atoms with Gasteiger partial charge in [-0.1, -0.05) is 6.07 Å². The molecule has 0 aliphatic heterocycles. The van der Waals surface area contributed by atoms with Crippen LogP contribution in [-0.4, -0.2) is 37.7 Å². The summed E-state index contributed by atoms with van der Waals surface area (Å²) in [7, 11) is 3.80. The van der Waals surface area contributed by atoms with E-state index in [4.69, 9.17) is 10.5 Å². The van der Waals surface area contributed by atoms with E-state index in [0.717, 1.165) is 6.54 Å². The lowest BCUT2D eigenvalue weighted by atomic mass is 10.0. The zero-order valence-electron chi connectivity index (χ0n) is 9.69. The van der Waals surface area contributed by atoms with Crippen LogP contribution in [0.4, 0.5) is 0 Å². The molecule has 1 atom stereocenters. The first kappa shape index (κ1) is 12.6. The van der Waals surface area contributed by atoms with E-state index >= 15 is 0 Å². The molecule has 0 saturated carbocycles. The standard InChI is InChI=1S/C11H20N2OS/c1-11(8-12,9-14-3)13(2)7-10-5-4-6-15-10/h4-6H,7-9,12H2,1-3H3. The number of rotatable bonds is 6. The summed E-state index contributed by atoms with van der Waals surface area (Å²) in [6.45, 7) is 4.31. The van der Waals surface area contributed by atoms with Crippen LogP contribution in [0.15, 0.2) is 17.5 Å². The number of nitrogens with two attached hydrogens (primary N) is 1. The fourth-order valence-corrected chi connectivity index (χ4v) is 2.22. The molecule has 0 aromatic carbocycles. The van der Waals surface area contributed by atoms with E-state index in [1.165, 1.54) is 4.88 Å². The molecule has 0 amide bonds. The first-order chi connectivity index (χ1) is 7.12. The van der Waals surface area contributed by atoms with Crippen molar-refractivity contribution in [2.24, 2.45) is 5.73 Å². The van der Waals surface area contributed by atoms with E-state index in [0.29, 0.717) is 13.2 Å². The molecule has 86 valence electrons. The molecule has 1 rings (SSSR count).